The van der Waals surface area contributed by atoms with Crippen molar-refractivity contribution in [1.82, 2.24) is 0 Å². The predicted octanol–water partition coefficient (Wildman–Crippen LogP) is 1.98. The third kappa shape index (κ3) is 2.80. The third-order valence-corrected chi connectivity index (χ3v) is 2.48. The SMILES string of the molecule is CC(C)(CCO)C(=O)c1ccc(O)cc1. The molecule has 0 saturated heterocycles. The summed E-state index contributed by atoms with van der Waals surface area (Å²) < 4.78 is 0. The molecule has 2 N–H and O–H groups in total. The summed E-state index contributed by atoms with van der Waals surface area (Å²) in [6.45, 7) is 3.60. The maximum absolute atomic E-state index is 12.0. The van der Waals surface area contributed by atoms with Gasteiger partial charge in [-0.2, -0.15) is 0 Å². The molecule has 3 nitrogen and oxygen atoms in total. The van der Waals surface area contributed by atoms with Crippen LogP contribution < -0.4 is 0 Å². The van der Waals surface area contributed by atoms with Crippen LogP contribution >= 0.6 is 0 Å². The number of rotatable bonds is 4. The van der Waals surface area contributed by atoms with Gasteiger partial charge >= 0.3 is 0 Å². The summed E-state index contributed by atoms with van der Waals surface area (Å²) in [5.41, 5.74) is -0.00242. The van der Waals surface area contributed by atoms with Crippen LogP contribution in [0, 0.1) is 5.41 Å². The van der Waals surface area contributed by atoms with Crippen molar-refractivity contribution >= 4 is 5.78 Å². The number of Topliss-reactive ketones (excluding diaryl/α,β-unsaturated/α-hetero) is 1. The molecule has 0 radical (unpaired) electrons. The lowest BCUT2D eigenvalue weighted by atomic mass is 9.81. The highest BCUT2D eigenvalue weighted by molar-refractivity contribution is 6.00. The molecular formula is C12H16O3. The molecule has 0 amide bonds. The number of carbonyl (C=O) groups excluding carboxylic acids is 1. The summed E-state index contributed by atoms with van der Waals surface area (Å²) in [5, 5.41) is 17.9. The van der Waals surface area contributed by atoms with Gasteiger partial charge in [0, 0.05) is 17.6 Å². The van der Waals surface area contributed by atoms with E-state index in [9.17, 15) is 4.79 Å². The van der Waals surface area contributed by atoms with Crippen LogP contribution in [0.3, 0.4) is 0 Å². The zero-order valence-corrected chi connectivity index (χ0v) is 9.03. The second kappa shape index (κ2) is 4.45. The van der Waals surface area contributed by atoms with E-state index in [2.05, 4.69) is 0 Å². The molecule has 0 heterocycles. The van der Waals surface area contributed by atoms with Crippen LogP contribution in [0.4, 0.5) is 0 Å². The molecule has 3 heteroatoms. The van der Waals surface area contributed by atoms with Gasteiger partial charge in [-0.3, -0.25) is 4.79 Å². The van der Waals surface area contributed by atoms with Gasteiger partial charge in [-0.25, -0.2) is 0 Å². The van der Waals surface area contributed by atoms with Crippen LogP contribution in [0.2, 0.25) is 0 Å². The van der Waals surface area contributed by atoms with Crippen molar-refractivity contribution in [2.45, 2.75) is 20.3 Å². The van der Waals surface area contributed by atoms with Gasteiger partial charge in [-0.05, 0) is 30.7 Å². The number of phenols is 1. The lowest BCUT2D eigenvalue weighted by molar-refractivity contribution is 0.0794. The minimum atomic E-state index is -0.564. The molecule has 0 bridgehead atoms. The monoisotopic (exact) mass is 208 g/mol. The van der Waals surface area contributed by atoms with Gasteiger partial charge in [0.15, 0.2) is 5.78 Å². The van der Waals surface area contributed by atoms with Crippen molar-refractivity contribution in [1.29, 1.82) is 0 Å². The van der Waals surface area contributed by atoms with Gasteiger partial charge < -0.3 is 10.2 Å². The molecule has 1 rings (SSSR count). The molecule has 0 saturated carbocycles. The normalized spacial score (nSPS) is 11.4. The standard InChI is InChI=1S/C12H16O3/c1-12(2,7-8-13)11(15)9-3-5-10(14)6-4-9/h3-6,13-14H,7-8H2,1-2H3. The maximum atomic E-state index is 12.0. The predicted molar refractivity (Wildman–Crippen MR) is 57.9 cm³/mol. The van der Waals surface area contributed by atoms with Crippen LogP contribution in [-0.4, -0.2) is 22.6 Å². The van der Waals surface area contributed by atoms with E-state index in [0.29, 0.717) is 12.0 Å². The van der Waals surface area contributed by atoms with Gasteiger partial charge in [0.2, 0.25) is 0 Å². The lowest BCUT2D eigenvalue weighted by Crippen LogP contribution is -2.25. The van der Waals surface area contributed by atoms with E-state index >= 15 is 0 Å². The second-order valence-electron chi connectivity index (χ2n) is 4.23. The Bertz CT molecular complexity index is 338. The largest absolute Gasteiger partial charge is 0.508 e. The maximum Gasteiger partial charge on any atom is 0.168 e. The molecule has 1 aromatic rings. The molecule has 1 aromatic carbocycles. The number of carbonyl (C=O) groups is 1. The number of aromatic hydroxyl groups is 1. The summed E-state index contributed by atoms with van der Waals surface area (Å²) in [7, 11) is 0. The molecule has 0 spiro atoms. The highest BCUT2D eigenvalue weighted by Crippen LogP contribution is 2.26. The van der Waals surface area contributed by atoms with E-state index in [1.54, 1.807) is 26.0 Å². The van der Waals surface area contributed by atoms with Gasteiger partial charge in [-0.1, -0.05) is 13.8 Å². The van der Waals surface area contributed by atoms with E-state index < -0.39 is 5.41 Å². The summed E-state index contributed by atoms with van der Waals surface area (Å²) in [5.74, 6) is 0.128. The van der Waals surface area contributed by atoms with Crippen molar-refractivity contribution in [2.24, 2.45) is 5.41 Å². The fourth-order valence-corrected chi connectivity index (χ4v) is 1.40. The molecular weight excluding hydrogens is 192 g/mol. The van der Waals surface area contributed by atoms with Crippen molar-refractivity contribution in [3.05, 3.63) is 29.8 Å². The first-order valence-electron chi connectivity index (χ1n) is 4.92. The quantitative estimate of drug-likeness (QED) is 0.744. The van der Waals surface area contributed by atoms with Crippen LogP contribution in [0.1, 0.15) is 30.6 Å². The number of hydrogen-bond acceptors (Lipinski definition) is 3. The van der Waals surface area contributed by atoms with Crippen molar-refractivity contribution < 1.29 is 15.0 Å². The van der Waals surface area contributed by atoms with Crippen LogP contribution in [0.15, 0.2) is 24.3 Å². The first-order chi connectivity index (χ1) is 6.97. The molecule has 0 atom stereocenters. The fourth-order valence-electron chi connectivity index (χ4n) is 1.40. The summed E-state index contributed by atoms with van der Waals surface area (Å²) in [4.78, 5) is 12.0. The zero-order valence-electron chi connectivity index (χ0n) is 9.03. The number of aliphatic hydroxyl groups is 1. The van der Waals surface area contributed by atoms with E-state index in [4.69, 9.17) is 10.2 Å². The zero-order chi connectivity index (χ0) is 11.5. The van der Waals surface area contributed by atoms with Crippen LogP contribution in [-0.2, 0) is 0 Å². The number of phenolic OH excluding ortho intramolecular Hbond substituents is 1. The van der Waals surface area contributed by atoms with Gasteiger partial charge in [0.1, 0.15) is 5.75 Å². The minimum absolute atomic E-state index is 0.00315. The topological polar surface area (TPSA) is 57.5 Å². The van der Waals surface area contributed by atoms with E-state index in [0.717, 1.165) is 0 Å². The number of aliphatic hydroxyl groups excluding tert-OH is 1. The highest BCUT2D eigenvalue weighted by atomic mass is 16.3. The fraction of sp³-hybridized carbons (Fsp3) is 0.417. The summed E-state index contributed by atoms with van der Waals surface area (Å²) >= 11 is 0. The first-order valence-corrected chi connectivity index (χ1v) is 4.92. The molecule has 0 aromatic heterocycles. The van der Waals surface area contributed by atoms with E-state index in [1.165, 1.54) is 12.1 Å². The Morgan fingerprint density at radius 3 is 2.27 bits per heavy atom. The molecule has 15 heavy (non-hydrogen) atoms. The van der Waals surface area contributed by atoms with Crippen molar-refractivity contribution in [2.75, 3.05) is 6.61 Å². The Morgan fingerprint density at radius 1 is 1.27 bits per heavy atom. The Kier molecular flexibility index (Phi) is 3.48. The summed E-state index contributed by atoms with van der Waals surface area (Å²) in [6.07, 6.45) is 0.437. The average Bonchev–Trinajstić information content (AvgIpc) is 2.18. The minimum Gasteiger partial charge on any atom is -0.508 e. The molecule has 82 valence electrons. The first kappa shape index (κ1) is 11.7. The average molecular weight is 208 g/mol. The van der Waals surface area contributed by atoms with Crippen molar-refractivity contribution in [3.8, 4) is 5.75 Å². The molecule has 0 fully saturated rings. The highest BCUT2D eigenvalue weighted by Gasteiger charge is 2.27. The Balaban J connectivity index is 2.89. The molecule has 0 aliphatic heterocycles. The molecule has 0 aliphatic carbocycles. The molecule has 0 aliphatic rings. The van der Waals surface area contributed by atoms with Crippen molar-refractivity contribution in [3.63, 3.8) is 0 Å². The Morgan fingerprint density at radius 2 is 1.80 bits per heavy atom. The van der Waals surface area contributed by atoms with Crippen LogP contribution in [0.5, 0.6) is 5.75 Å². The Hall–Kier alpha value is -1.35. The lowest BCUT2D eigenvalue weighted by Gasteiger charge is -2.21. The van der Waals surface area contributed by atoms with Crippen LogP contribution in [0.25, 0.3) is 0 Å². The second-order valence-corrected chi connectivity index (χ2v) is 4.23. The van der Waals surface area contributed by atoms with Gasteiger partial charge in [0.05, 0.1) is 0 Å². The summed E-state index contributed by atoms with van der Waals surface area (Å²) in [6, 6.07) is 6.16. The molecule has 0 unspecified atom stereocenters. The number of benzene rings is 1. The number of ketones is 1. The van der Waals surface area contributed by atoms with E-state index in [-0.39, 0.29) is 18.1 Å². The Labute approximate surface area is 89.4 Å². The third-order valence-electron chi connectivity index (χ3n) is 2.48. The van der Waals surface area contributed by atoms with E-state index in [1.807, 2.05) is 0 Å². The number of hydrogen-bond donors (Lipinski definition) is 2. The van der Waals surface area contributed by atoms with Gasteiger partial charge in [0.25, 0.3) is 0 Å². The smallest absolute Gasteiger partial charge is 0.168 e. The van der Waals surface area contributed by atoms with Gasteiger partial charge in [-0.15, -0.1) is 0 Å².